The van der Waals surface area contributed by atoms with Crippen LogP contribution in [0.15, 0.2) is 40.9 Å². The number of benzene rings is 2. The van der Waals surface area contributed by atoms with Crippen molar-refractivity contribution in [2.45, 2.75) is 6.61 Å². The van der Waals surface area contributed by atoms with Crippen molar-refractivity contribution in [2.75, 3.05) is 5.73 Å². The number of nitrogens with two attached hydrogens (primary N) is 1. The van der Waals surface area contributed by atoms with Gasteiger partial charge in [0.2, 0.25) is 0 Å². The summed E-state index contributed by atoms with van der Waals surface area (Å²) in [7, 11) is 0. The molecule has 2 aromatic carbocycles. The van der Waals surface area contributed by atoms with E-state index in [1.165, 1.54) is 12.1 Å². The van der Waals surface area contributed by atoms with E-state index >= 15 is 0 Å². The van der Waals surface area contributed by atoms with E-state index in [9.17, 15) is 4.79 Å². The predicted molar refractivity (Wildman–Crippen MR) is 81.3 cm³/mol. The van der Waals surface area contributed by atoms with Crippen LogP contribution in [0.3, 0.4) is 0 Å². The van der Waals surface area contributed by atoms with E-state index in [-0.39, 0.29) is 28.6 Å². The number of rotatable bonds is 4. The van der Waals surface area contributed by atoms with Crippen molar-refractivity contribution in [3.8, 4) is 5.75 Å². The summed E-state index contributed by atoms with van der Waals surface area (Å²) in [5.74, 6) is -1.01. The first-order valence-corrected chi connectivity index (χ1v) is 6.84. The summed E-state index contributed by atoms with van der Waals surface area (Å²) in [5, 5.41) is 9.33. The third-order valence-electron chi connectivity index (χ3n) is 2.59. The smallest absolute Gasteiger partial charge is 0.339 e. The van der Waals surface area contributed by atoms with E-state index in [2.05, 4.69) is 15.9 Å². The van der Waals surface area contributed by atoms with Crippen molar-refractivity contribution in [3.63, 3.8) is 0 Å². The molecule has 0 spiro atoms. The average Bonchev–Trinajstić information content (AvgIpc) is 2.38. The summed E-state index contributed by atoms with van der Waals surface area (Å²) in [6, 6.07) is 10.3. The van der Waals surface area contributed by atoms with Gasteiger partial charge >= 0.3 is 5.97 Å². The minimum absolute atomic E-state index is 0.0490. The lowest BCUT2D eigenvalue weighted by Crippen LogP contribution is -2.05. The predicted octanol–water partition coefficient (Wildman–Crippen LogP) is 3.96. The molecule has 2 rings (SSSR count). The molecule has 2 aromatic rings. The van der Waals surface area contributed by atoms with Crippen molar-refractivity contribution in [1.29, 1.82) is 0 Å². The number of carboxylic acids is 1. The molecular weight excluding hydrogens is 346 g/mol. The summed E-state index contributed by atoms with van der Waals surface area (Å²) in [6.07, 6.45) is 0. The number of ether oxygens (including phenoxy) is 1. The molecule has 0 aromatic heterocycles. The Morgan fingerprint density at radius 2 is 1.95 bits per heavy atom. The number of hydrogen-bond acceptors (Lipinski definition) is 3. The van der Waals surface area contributed by atoms with Gasteiger partial charge in [-0.2, -0.15) is 0 Å². The van der Waals surface area contributed by atoms with Gasteiger partial charge in [0.15, 0.2) is 5.75 Å². The van der Waals surface area contributed by atoms with E-state index in [4.69, 9.17) is 27.2 Å². The minimum atomic E-state index is -1.13. The van der Waals surface area contributed by atoms with E-state index in [1.54, 1.807) is 0 Å². The first-order chi connectivity index (χ1) is 9.47. The largest absolute Gasteiger partial charge is 0.486 e. The number of nitrogen functional groups attached to an aromatic ring is 1. The van der Waals surface area contributed by atoms with Crippen LogP contribution in [-0.4, -0.2) is 11.1 Å². The molecular formula is C14H11BrClNO3. The van der Waals surface area contributed by atoms with Gasteiger partial charge in [-0.1, -0.05) is 39.7 Å². The zero-order valence-corrected chi connectivity index (χ0v) is 12.6. The van der Waals surface area contributed by atoms with Crippen LogP contribution in [0.25, 0.3) is 0 Å². The summed E-state index contributed by atoms with van der Waals surface area (Å²) in [5.41, 5.74) is 6.71. The standard InChI is InChI=1S/C14H11BrClNO3/c15-9-3-1-8(2-4-9)7-20-13-11(14(18)19)5-10(17)6-12(13)16/h1-6H,7,17H2,(H,18,19). The Morgan fingerprint density at radius 3 is 2.55 bits per heavy atom. The summed E-state index contributed by atoms with van der Waals surface area (Å²) < 4.78 is 6.48. The highest BCUT2D eigenvalue weighted by Crippen LogP contribution is 2.32. The maximum atomic E-state index is 11.2. The van der Waals surface area contributed by atoms with Crippen LogP contribution in [-0.2, 0) is 6.61 Å². The van der Waals surface area contributed by atoms with E-state index in [0.717, 1.165) is 10.0 Å². The van der Waals surface area contributed by atoms with Crippen molar-refractivity contribution in [2.24, 2.45) is 0 Å². The number of aromatic carboxylic acids is 1. The molecule has 0 aliphatic carbocycles. The fourth-order valence-electron chi connectivity index (χ4n) is 1.66. The van der Waals surface area contributed by atoms with Crippen LogP contribution in [0, 0.1) is 0 Å². The van der Waals surface area contributed by atoms with Gasteiger partial charge in [-0.15, -0.1) is 0 Å². The van der Waals surface area contributed by atoms with Gasteiger partial charge in [0.05, 0.1) is 5.02 Å². The highest BCUT2D eigenvalue weighted by Gasteiger charge is 2.16. The molecule has 0 saturated carbocycles. The Kier molecular flexibility index (Phi) is 4.52. The van der Waals surface area contributed by atoms with E-state index < -0.39 is 5.97 Å². The van der Waals surface area contributed by atoms with E-state index in [0.29, 0.717) is 0 Å². The molecule has 0 aliphatic rings. The van der Waals surface area contributed by atoms with Crippen molar-refractivity contribution in [1.82, 2.24) is 0 Å². The molecule has 0 fully saturated rings. The van der Waals surface area contributed by atoms with Crippen LogP contribution in [0.1, 0.15) is 15.9 Å². The first-order valence-electron chi connectivity index (χ1n) is 5.67. The Bertz CT molecular complexity index is 644. The number of anilines is 1. The first kappa shape index (κ1) is 14.7. The molecule has 0 radical (unpaired) electrons. The molecule has 0 bridgehead atoms. The Balaban J connectivity index is 2.24. The quantitative estimate of drug-likeness (QED) is 0.813. The molecule has 6 heteroatoms. The molecule has 3 N–H and O–H groups in total. The number of hydrogen-bond donors (Lipinski definition) is 2. The highest BCUT2D eigenvalue weighted by atomic mass is 79.9. The zero-order valence-electron chi connectivity index (χ0n) is 10.3. The number of halogens is 2. The van der Waals surface area contributed by atoms with Crippen molar-refractivity contribution < 1.29 is 14.6 Å². The second kappa shape index (κ2) is 6.15. The molecule has 0 saturated heterocycles. The molecule has 0 atom stereocenters. The van der Waals surface area contributed by atoms with Gasteiger partial charge in [0, 0.05) is 10.2 Å². The van der Waals surface area contributed by atoms with Crippen LogP contribution >= 0.6 is 27.5 Å². The molecule has 0 heterocycles. The SMILES string of the molecule is Nc1cc(Cl)c(OCc2ccc(Br)cc2)c(C(=O)O)c1. The molecule has 4 nitrogen and oxygen atoms in total. The topological polar surface area (TPSA) is 72.5 Å². The van der Waals surface area contributed by atoms with Crippen LogP contribution in [0.2, 0.25) is 5.02 Å². The van der Waals surface area contributed by atoms with Gasteiger partial charge in [0.1, 0.15) is 12.2 Å². The highest BCUT2D eigenvalue weighted by molar-refractivity contribution is 9.10. The second-order valence-electron chi connectivity index (χ2n) is 4.10. The number of carboxylic acid groups (broad SMARTS) is 1. The molecule has 0 unspecified atom stereocenters. The fourth-order valence-corrected chi connectivity index (χ4v) is 2.20. The number of carbonyl (C=O) groups is 1. The van der Waals surface area contributed by atoms with Gasteiger partial charge in [-0.25, -0.2) is 4.79 Å². The van der Waals surface area contributed by atoms with Gasteiger partial charge in [-0.05, 0) is 29.8 Å². The Labute approximate surface area is 129 Å². The lowest BCUT2D eigenvalue weighted by atomic mass is 10.1. The van der Waals surface area contributed by atoms with Crippen molar-refractivity contribution in [3.05, 3.63) is 57.0 Å². The lowest BCUT2D eigenvalue weighted by molar-refractivity contribution is 0.0692. The Hall–Kier alpha value is -1.72. The van der Waals surface area contributed by atoms with Crippen LogP contribution < -0.4 is 10.5 Å². The van der Waals surface area contributed by atoms with E-state index in [1.807, 2.05) is 24.3 Å². The molecule has 0 aliphatic heterocycles. The summed E-state index contributed by atoms with van der Waals surface area (Å²) >= 11 is 9.33. The Morgan fingerprint density at radius 1 is 1.30 bits per heavy atom. The van der Waals surface area contributed by atoms with Crippen LogP contribution in [0.4, 0.5) is 5.69 Å². The monoisotopic (exact) mass is 355 g/mol. The molecule has 20 heavy (non-hydrogen) atoms. The average molecular weight is 357 g/mol. The second-order valence-corrected chi connectivity index (χ2v) is 5.42. The lowest BCUT2D eigenvalue weighted by Gasteiger charge is -2.12. The van der Waals surface area contributed by atoms with Gasteiger partial charge < -0.3 is 15.6 Å². The zero-order chi connectivity index (χ0) is 14.7. The maximum absolute atomic E-state index is 11.2. The fraction of sp³-hybridized carbons (Fsp3) is 0.0714. The molecule has 104 valence electrons. The third kappa shape index (κ3) is 3.43. The van der Waals surface area contributed by atoms with Crippen LogP contribution in [0.5, 0.6) is 5.75 Å². The molecule has 0 amide bonds. The normalized spacial score (nSPS) is 10.3. The summed E-state index contributed by atoms with van der Waals surface area (Å²) in [6.45, 7) is 0.219. The van der Waals surface area contributed by atoms with Gasteiger partial charge in [-0.3, -0.25) is 0 Å². The third-order valence-corrected chi connectivity index (χ3v) is 3.40. The minimum Gasteiger partial charge on any atom is -0.486 e. The van der Waals surface area contributed by atoms with Crippen molar-refractivity contribution >= 4 is 39.2 Å². The maximum Gasteiger partial charge on any atom is 0.339 e. The summed E-state index contributed by atoms with van der Waals surface area (Å²) in [4.78, 5) is 11.2. The van der Waals surface area contributed by atoms with Gasteiger partial charge in [0.25, 0.3) is 0 Å².